The highest BCUT2D eigenvalue weighted by Crippen LogP contribution is 2.20. The zero-order chi connectivity index (χ0) is 34.9. The third-order valence-corrected chi connectivity index (χ3v) is 7.62. The van der Waals surface area contributed by atoms with Crippen LogP contribution < -0.4 is 10.6 Å². The van der Waals surface area contributed by atoms with E-state index in [1.807, 2.05) is 42.5 Å². The highest BCUT2D eigenvalue weighted by molar-refractivity contribution is 5.92. The lowest BCUT2D eigenvalue weighted by Crippen LogP contribution is -2.56. The minimum atomic E-state index is -0.981. The number of fused-ring (bicyclic) bond motifs is 1. The molecule has 254 valence electrons. The van der Waals surface area contributed by atoms with Crippen molar-refractivity contribution >= 4 is 34.6 Å². The number of nitrogens with one attached hydrogen (secondary N) is 2. The second-order valence-corrected chi connectivity index (χ2v) is 13.3. The number of carbonyl (C=O) groups is 4. The second-order valence-electron chi connectivity index (χ2n) is 13.3. The summed E-state index contributed by atoms with van der Waals surface area (Å²) in [5.41, 5.74) is -0.0159. The minimum absolute atomic E-state index is 0.00539. The second kappa shape index (κ2) is 15.9. The molecule has 3 aromatic rings. The standard InChI is InChI=1S/C36H47FN4O6/c1-35(2,3)47-34(45)39-36(4,5)23-46-22-31(42)40(7)30(21-25-13-16-26-11-9-10-12-27(26)19-25)33(44)41(8)29(32(43)38-6)20-24-14-17-28(37)18-15-24/h9-19,29-30H,20-23H2,1-8H3,(H,38,43)(H,39,45). The molecule has 0 radical (unpaired) electrons. The summed E-state index contributed by atoms with van der Waals surface area (Å²) in [5, 5.41) is 7.38. The molecule has 0 aliphatic heterocycles. The molecule has 11 heteroatoms. The Labute approximate surface area is 276 Å². The molecule has 0 aliphatic carbocycles. The van der Waals surface area contributed by atoms with Gasteiger partial charge in [0.15, 0.2) is 0 Å². The Bertz CT molecular complexity index is 1550. The van der Waals surface area contributed by atoms with Crippen LogP contribution >= 0.6 is 0 Å². The van der Waals surface area contributed by atoms with Gasteiger partial charge in [0.05, 0.1) is 12.1 Å². The van der Waals surface area contributed by atoms with Crippen LogP contribution in [-0.4, -0.2) is 91.2 Å². The van der Waals surface area contributed by atoms with E-state index in [0.29, 0.717) is 5.56 Å². The quantitative estimate of drug-likeness (QED) is 0.282. The van der Waals surface area contributed by atoms with Gasteiger partial charge in [0.1, 0.15) is 30.1 Å². The largest absolute Gasteiger partial charge is 0.444 e. The molecule has 4 amide bonds. The van der Waals surface area contributed by atoms with Crippen molar-refractivity contribution in [2.24, 2.45) is 0 Å². The van der Waals surface area contributed by atoms with Crippen LogP contribution in [0.4, 0.5) is 9.18 Å². The monoisotopic (exact) mass is 650 g/mol. The summed E-state index contributed by atoms with van der Waals surface area (Å²) >= 11 is 0. The first-order valence-electron chi connectivity index (χ1n) is 15.5. The zero-order valence-electron chi connectivity index (χ0n) is 28.6. The van der Waals surface area contributed by atoms with Gasteiger partial charge >= 0.3 is 6.09 Å². The SMILES string of the molecule is CNC(=O)C(Cc1ccc(F)cc1)N(C)C(=O)C(Cc1ccc2ccccc2c1)N(C)C(=O)COCC(C)(C)NC(=O)OC(C)(C)C. The maximum Gasteiger partial charge on any atom is 0.408 e. The molecule has 0 bridgehead atoms. The molecule has 0 saturated heterocycles. The van der Waals surface area contributed by atoms with Gasteiger partial charge in [0, 0.05) is 34.0 Å². The smallest absolute Gasteiger partial charge is 0.408 e. The van der Waals surface area contributed by atoms with Gasteiger partial charge in [-0.3, -0.25) is 14.4 Å². The van der Waals surface area contributed by atoms with Crippen LogP contribution in [0.1, 0.15) is 45.7 Å². The predicted molar refractivity (Wildman–Crippen MR) is 179 cm³/mol. The third-order valence-electron chi connectivity index (χ3n) is 7.62. The molecule has 0 heterocycles. The lowest BCUT2D eigenvalue weighted by Gasteiger charge is -2.34. The van der Waals surface area contributed by atoms with Crippen LogP contribution in [0.5, 0.6) is 0 Å². The molecular formula is C36H47FN4O6. The number of alkyl carbamates (subject to hydrolysis) is 1. The Morgan fingerprint density at radius 3 is 2.02 bits per heavy atom. The molecule has 0 saturated carbocycles. The van der Waals surface area contributed by atoms with E-state index in [4.69, 9.17) is 9.47 Å². The van der Waals surface area contributed by atoms with Crippen molar-refractivity contribution in [2.45, 2.75) is 70.7 Å². The van der Waals surface area contributed by atoms with E-state index in [1.165, 1.54) is 43.1 Å². The molecule has 3 rings (SSSR count). The molecular weight excluding hydrogens is 603 g/mol. The van der Waals surface area contributed by atoms with Crippen molar-refractivity contribution in [1.29, 1.82) is 0 Å². The molecule has 0 spiro atoms. The summed E-state index contributed by atoms with van der Waals surface area (Å²) in [6.07, 6.45) is -0.283. The molecule has 47 heavy (non-hydrogen) atoms. The van der Waals surface area contributed by atoms with Crippen LogP contribution in [0.15, 0.2) is 66.7 Å². The summed E-state index contributed by atoms with van der Waals surface area (Å²) in [6.45, 7) is 8.42. The number of nitrogens with zero attached hydrogens (tertiary/aromatic N) is 2. The molecule has 10 nitrogen and oxygen atoms in total. The average Bonchev–Trinajstić information content (AvgIpc) is 3.00. The maximum absolute atomic E-state index is 14.2. The van der Waals surface area contributed by atoms with Gasteiger partial charge in [0.25, 0.3) is 0 Å². The van der Waals surface area contributed by atoms with Crippen LogP contribution in [0.2, 0.25) is 0 Å². The Morgan fingerprint density at radius 1 is 0.809 bits per heavy atom. The van der Waals surface area contributed by atoms with Gasteiger partial charge in [-0.1, -0.05) is 54.6 Å². The number of amides is 4. The number of halogens is 1. The van der Waals surface area contributed by atoms with Crippen LogP contribution in [0.3, 0.4) is 0 Å². The summed E-state index contributed by atoms with van der Waals surface area (Å²) in [5.74, 6) is -1.71. The van der Waals surface area contributed by atoms with Gasteiger partial charge in [-0.05, 0) is 68.7 Å². The highest BCUT2D eigenvalue weighted by atomic mass is 19.1. The fourth-order valence-corrected chi connectivity index (χ4v) is 5.07. The van der Waals surface area contributed by atoms with Crippen LogP contribution in [0, 0.1) is 5.82 Å². The number of benzene rings is 3. The topological polar surface area (TPSA) is 117 Å². The third kappa shape index (κ3) is 11.1. The summed E-state index contributed by atoms with van der Waals surface area (Å²) in [7, 11) is 4.54. The highest BCUT2D eigenvalue weighted by Gasteiger charge is 2.35. The van der Waals surface area contributed by atoms with Crippen LogP contribution in [-0.2, 0) is 36.7 Å². The zero-order valence-corrected chi connectivity index (χ0v) is 28.6. The predicted octanol–water partition coefficient (Wildman–Crippen LogP) is 4.48. The average molecular weight is 651 g/mol. The fraction of sp³-hybridized carbons (Fsp3) is 0.444. The van der Waals surface area contributed by atoms with Gasteiger partial charge < -0.3 is 29.9 Å². The van der Waals surface area contributed by atoms with Crippen molar-refractivity contribution < 1.29 is 33.0 Å². The number of carbonyl (C=O) groups excluding carboxylic acids is 4. The molecule has 2 atom stereocenters. The maximum atomic E-state index is 14.2. The van der Waals surface area contributed by atoms with E-state index < -0.39 is 52.9 Å². The lowest BCUT2D eigenvalue weighted by molar-refractivity contribution is -0.149. The first kappa shape index (κ1) is 37.0. The van der Waals surface area contributed by atoms with Gasteiger partial charge in [-0.15, -0.1) is 0 Å². The van der Waals surface area contributed by atoms with E-state index in [-0.39, 0.29) is 26.1 Å². The first-order chi connectivity index (χ1) is 22.0. The molecule has 0 fully saturated rings. The molecule has 2 N–H and O–H groups in total. The van der Waals surface area contributed by atoms with E-state index in [1.54, 1.807) is 46.8 Å². The Hall–Kier alpha value is -4.51. The lowest BCUT2D eigenvalue weighted by atomic mass is 9.98. The van der Waals surface area contributed by atoms with E-state index >= 15 is 0 Å². The van der Waals surface area contributed by atoms with E-state index in [0.717, 1.165) is 16.3 Å². The number of likely N-dealkylation sites (N-methyl/N-ethyl adjacent to an activating group) is 3. The van der Waals surface area contributed by atoms with Crippen molar-refractivity contribution in [1.82, 2.24) is 20.4 Å². The van der Waals surface area contributed by atoms with E-state index in [9.17, 15) is 23.6 Å². The molecule has 0 aliphatic rings. The number of hydrogen-bond donors (Lipinski definition) is 2. The summed E-state index contributed by atoms with van der Waals surface area (Å²) < 4.78 is 24.6. The molecule has 0 aromatic heterocycles. The van der Waals surface area contributed by atoms with Crippen molar-refractivity contribution in [3.05, 3.63) is 83.7 Å². The summed E-state index contributed by atoms with van der Waals surface area (Å²) in [6, 6.07) is 17.5. The number of ether oxygens (including phenoxy) is 2. The fourth-order valence-electron chi connectivity index (χ4n) is 5.07. The Morgan fingerprint density at radius 2 is 1.40 bits per heavy atom. The normalized spacial score (nSPS) is 13.0. The van der Waals surface area contributed by atoms with Crippen LogP contribution in [0.25, 0.3) is 10.8 Å². The number of hydrogen-bond acceptors (Lipinski definition) is 6. The minimum Gasteiger partial charge on any atom is -0.444 e. The Balaban J connectivity index is 1.82. The first-order valence-corrected chi connectivity index (χ1v) is 15.5. The summed E-state index contributed by atoms with van der Waals surface area (Å²) in [4.78, 5) is 55.7. The van der Waals surface area contributed by atoms with Gasteiger partial charge in [-0.25, -0.2) is 9.18 Å². The Kier molecular flexibility index (Phi) is 12.5. The molecule has 3 aromatic carbocycles. The van der Waals surface area contributed by atoms with E-state index in [2.05, 4.69) is 10.6 Å². The molecule has 2 unspecified atom stereocenters. The number of rotatable bonds is 13. The van der Waals surface area contributed by atoms with Crippen molar-refractivity contribution in [2.75, 3.05) is 34.4 Å². The van der Waals surface area contributed by atoms with Crippen molar-refractivity contribution in [3.63, 3.8) is 0 Å². The van der Waals surface area contributed by atoms with Gasteiger partial charge in [0.2, 0.25) is 17.7 Å². The van der Waals surface area contributed by atoms with Gasteiger partial charge in [-0.2, -0.15) is 0 Å². The van der Waals surface area contributed by atoms with Crippen molar-refractivity contribution in [3.8, 4) is 0 Å².